The number of aliphatic hydroxyl groups is 1. The Bertz CT molecular complexity index is 156. The van der Waals surface area contributed by atoms with Gasteiger partial charge in [0.15, 0.2) is 0 Å². The number of nitrogens with zero attached hydrogens (tertiary/aromatic N) is 1. The lowest BCUT2D eigenvalue weighted by Crippen LogP contribution is -2.33. The lowest BCUT2D eigenvalue weighted by Gasteiger charge is -2.17. The molecule has 0 fully saturated rings. The van der Waals surface area contributed by atoms with Crippen molar-refractivity contribution in [1.82, 2.24) is 4.90 Å². The van der Waals surface area contributed by atoms with Crippen LogP contribution in [0.4, 0.5) is 4.79 Å². The van der Waals surface area contributed by atoms with E-state index >= 15 is 0 Å². The van der Waals surface area contributed by atoms with Crippen molar-refractivity contribution in [3.63, 3.8) is 0 Å². The van der Waals surface area contributed by atoms with Crippen LogP contribution in [0.15, 0.2) is 12.7 Å². The average Bonchev–Trinajstić information content (AvgIpc) is 1.98. The van der Waals surface area contributed by atoms with Crippen molar-refractivity contribution in [1.29, 1.82) is 0 Å². The molecule has 1 amide bonds. The summed E-state index contributed by atoms with van der Waals surface area (Å²) in [5.74, 6) is 0. The first-order chi connectivity index (χ1) is 5.57. The second-order valence-corrected chi connectivity index (χ2v) is 2.60. The van der Waals surface area contributed by atoms with Gasteiger partial charge in [0.05, 0.1) is 6.10 Å². The van der Waals surface area contributed by atoms with Crippen molar-refractivity contribution in [2.75, 3.05) is 20.2 Å². The molecule has 4 nitrogen and oxygen atoms in total. The molecule has 0 aliphatic carbocycles. The van der Waals surface area contributed by atoms with Gasteiger partial charge in [-0.2, -0.15) is 0 Å². The number of amides is 1. The molecule has 4 heteroatoms. The van der Waals surface area contributed by atoms with Crippen molar-refractivity contribution in [2.24, 2.45) is 0 Å². The van der Waals surface area contributed by atoms with Crippen LogP contribution in [0.25, 0.3) is 0 Å². The minimum Gasteiger partial charge on any atom is -0.445 e. The average molecular weight is 173 g/mol. The summed E-state index contributed by atoms with van der Waals surface area (Å²) in [5.41, 5.74) is 0. The Morgan fingerprint density at radius 1 is 1.83 bits per heavy atom. The molecule has 0 radical (unpaired) electrons. The number of ether oxygens (including phenoxy) is 1. The van der Waals surface area contributed by atoms with Crippen LogP contribution in [-0.4, -0.2) is 42.4 Å². The highest BCUT2D eigenvalue weighted by Gasteiger charge is 2.10. The second kappa shape index (κ2) is 5.60. The lowest BCUT2D eigenvalue weighted by molar-refractivity contribution is 0.0953. The van der Waals surface area contributed by atoms with Crippen LogP contribution >= 0.6 is 0 Å². The van der Waals surface area contributed by atoms with E-state index in [-0.39, 0.29) is 13.2 Å². The fourth-order valence-electron chi connectivity index (χ4n) is 0.711. The molecule has 0 saturated heterocycles. The van der Waals surface area contributed by atoms with Gasteiger partial charge in [0.1, 0.15) is 6.61 Å². The van der Waals surface area contributed by atoms with E-state index in [1.54, 1.807) is 14.0 Å². The molecule has 0 heterocycles. The molecular formula is C8H15NO3. The molecule has 0 rings (SSSR count). The number of carbonyl (C=O) groups excluding carboxylic acids is 1. The summed E-state index contributed by atoms with van der Waals surface area (Å²) in [6.07, 6.45) is 0.510. The molecule has 0 aromatic heterocycles. The third kappa shape index (κ3) is 4.73. The Kier molecular flexibility index (Phi) is 5.12. The second-order valence-electron chi connectivity index (χ2n) is 2.60. The largest absolute Gasteiger partial charge is 0.445 e. The fraction of sp³-hybridized carbons (Fsp3) is 0.625. The number of hydrogen-bond acceptors (Lipinski definition) is 3. The summed E-state index contributed by atoms with van der Waals surface area (Å²) in [6, 6.07) is 0. The third-order valence-electron chi connectivity index (χ3n) is 1.17. The highest BCUT2D eigenvalue weighted by molar-refractivity contribution is 5.67. The predicted molar refractivity (Wildman–Crippen MR) is 45.9 cm³/mol. The topological polar surface area (TPSA) is 49.8 Å². The van der Waals surface area contributed by atoms with Gasteiger partial charge in [0.2, 0.25) is 0 Å². The van der Waals surface area contributed by atoms with Gasteiger partial charge in [-0.05, 0) is 6.92 Å². The fourth-order valence-corrected chi connectivity index (χ4v) is 0.711. The molecule has 0 saturated carbocycles. The van der Waals surface area contributed by atoms with Gasteiger partial charge < -0.3 is 14.7 Å². The minimum atomic E-state index is -0.536. The molecule has 12 heavy (non-hydrogen) atoms. The Hall–Kier alpha value is -1.03. The standard InChI is InChI=1S/C8H15NO3/c1-4-5-12-8(11)9(3)6-7(2)10/h4,7,10H,1,5-6H2,2-3H3. The van der Waals surface area contributed by atoms with Crippen LogP contribution in [0.1, 0.15) is 6.92 Å². The normalized spacial score (nSPS) is 11.9. The number of rotatable bonds is 4. The van der Waals surface area contributed by atoms with E-state index < -0.39 is 12.2 Å². The number of carbonyl (C=O) groups is 1. The van der Waals surface area contributed by atoms with Crippen LogP contribution in [-0.2, 0) is 4.74 Å². The van der Waals surface area contributed by atoms with Crippen LogP contribution in [0.2, 0.25) is 0 Å². The maximum absolute atomic E-state index is 11.0. The van der Waals surface area contributed by atoms with Crippen LogP contribution in [0.5, 0.6) is 0 Å². The van der Waals surface area contributed by atoms with Crippen LogP contribution in [0, 0.1) is 0 Å². The molecular weight excluding hydrogens is 158 g/mol. The lowest BCUT2D eigenvalue weighted by atomic mass is 10.4. The molecule has 0 aromatic carbocycles. The molecule has 0 aliphatic rings. The van der Waals surface area contributed by atoms with Crippen LogP contribution < -0.4 is 0 Å². The van der Waals surface area contributed by atoms with E-state index in [0.29, 0.717) is 0 Å². The molecule has 0 aliphatic heterocycles. The number of hydrogen-bond donors (Lipinski definition) is 1. The van der Waals surface area contributed by atoms with Gasteiger partial charge >= 0.3 is 6.09 Å². The summed E-state index contributed by atoms with van der Waals surface area (Å²) in [4.78, 5) is 12.3. The van der Waals surface area contributed by atoms with Gasteiger partial charge in [-0.1, -0.05) is 12.7 Å². The first-order valence-corrected chi connectivity index (χ1v) is 3.74. The molecule has 1 unspecified atom stereocenters. The Labute approximate surface area is 72.4 Å². The Balaban J connectivity index is 3.68. The summed E-state index contributed by atoms with van der Waals surface area (Å²) in [5, 5.41) is 8.93. The molecule has 0 bridgehead atoms. The molecule has 1 N–H and O–H groups in total. The van der Waals surface area contributed by atoms with E-state index in [2.05, 4.69) is 6.58 Å². The van der Waals surface area contributed by atoms with E-state index in [9.17, 15) is 4.79 Å². The summed E-state index contributed by atoms with van der Waals surface area (Å²) in [6.45, 7) is 5.49. The van der Waals surface area contributed by atoms with Crippen molar-refractivity contribution >= 4 is 6.09 Å². The van der Waals surface area contributed by atoms with Crippen molar-refractivity contribution in [3.05, 3.63) is 12.7 Å². The molecule has 1 atom stereocenters. The van der Waals surface area contributed by atoms with E-state index in [0.717, 1.165) is 0 Å². The van der Waals surface area contributed by atoms with Gasteiger partial charge in [0, 0.05) is 13.6 Å². The van der Waals surface area contributed by atoms with Crippen molar-refractivity contribution in [2.45, 2.75) is 13.0 Å². The zero-order valence-corrected chi connectivity index (χ0v) is 7.49. The Morgan fingerprint density at radius 2 is 2.42 bits per heavy atom. The summed E-state index contributed by atoms with van der Waals surface area (Å²) >= 11 is 0. The highest BCUT2D eigenvalue weighted by Crippen LogP contribution is 1.92. The molecule has 70 valence electrons. The highest BCUT2D eigenvalue weighted by atomic mass is 16.6. The minimum absolute atomic E-state index is 0.197. The van der Waals surface area contributed by atoms with Crippen molar-refractivity contribution < 1.29 is 14.6 Å². The van der Waals surface area contributed by atoms with Gasteiger partial charge in [0.25, 0.3) is 0 Å². The zero-order valence-electron chi connectivity index (χ0n) is 7.49. The number of aliphatic hydroxyl groups excluding tert-OH is 1. The zero-order chi connectivity index (χ0) is 9.56. The van der Waals surface area contributed by atoms with Crippen molar-refractivity contribution in [3.8, 4) is 0 Å². The first-order valence-electron chi connectivity index (χ1n) is 3.74. The number of likely N-dealkylation sites (N-methyl/N-ethyl adjacent to an activating group) is 1. The quantitative estimate of drug-likeness (QED) is 0.634. The SMILES string of the molecule is C=CCOC(=O)N(C)CC(C)O. The predicted octanol–water partition coefficient (Wildman–Crippen LogP) is 0.622. The van der Waals surface area contributed by atoms with Gasteiger partial charge in [-0.3, -0.25) is 0 Å². The first kappa shape index (κ1) is 11.0. The third-order valence-corrected chi connectivity index (χ3v) is 1.17. The molecule has 0 spiro atoms. The molecule has 0 aromatic rings. The Morgan fingerprint density at radius 3 is 2.83 bits per heavy atom. The van der Waals surface area contributed by atoms with E-state index in [1.807, 2.05) is 0 Å². The van der Waals surface area contributed by atoms with Gasteiger partial charge in [-0.25, -0.2) is 4.79 Å². The maximum atomic E-state index is 11.0. The van der Waals surface area contributed by atoms with E-state index in [4.69, 9.17) is 9.84 Å². The summed E-state index contributed by atoms with van der Waals surface area (Å²) in [7, 11) is 1.57. The smallest absolute Gasteiger partial charge is 0.409 e. The van der Waals surface area contributed by atoms with Gasteiger partial charge in [-0.15, -0.1) is 0 Å². The van der Waals surface area contributed by atoms with E-state index in [1.165, 1.54) is 11.0 Å². The van der Waals surface area contributed by atoms with Crippen LogP contribution in [0.3, 0.4) is 0 Å². The maximum Gasteiger partial charge on any atom is 0.409 e. The monoisotopic (exact) mass is 173 g/mol. The summed E-state index contributed by atoms with van der Waals surface area (Å²) < 4.78 is 4.71.